The van der Waals surface area contributed by atoms with Crippen molar-refractivity contribution < 1.29 is 19.8 Å². The molecule has 0 aliphatic rings. The highest BCUT2D eigenvalue weighted by molar-refractivity contribution is 5.88. The first-order valence-corrected chi connectivity index (χ1v) is 4.18. The number of nitrogens with one attached hydrogen (secondary N) is 1. The van der Waals surface area contributed by atoms with Crippen LogP contribution in [0.1, 0.15) is 13.8 Å². The Labute approximate surface area is 87.4 Å². The Morgan fingerprint density at radius 3 is 1.87 bits per heavy atom. The second-order valence-corrected chi connectivity index (χ2v) is 2.75. The van der Waals surface area contributed by atoms with Gasteiger partial charge in [-0.2, -0.15) is 0 Å². The molecule has 5 nitrogen and oxygen atoms in total. The minimum absolute atomic E-state index is 0.115. The van der Waals surface area contributed by atoms with Gasteiger partial charge >= 0.3 is 0 Å². The number of carbonyl (C=O) groups excluding carboxylic acids is 1. The van der Waals surface area contributed by atoms with Gasteiger partial charge in [-0.25, -0.2) is 0 Å². The molecule has 1 rings (SSSR count). The molecule has 1 aromatic rings. The van der Waals surface area contributed by atoms with Gasteiger partial charge in [0.25, 0.3) is 5.97 Å². The normalized spacial score (nSPS) is 8.40. The fourth-order valence-corrected chi connectivity index (χ4v) is 0.748. The topological polar surface area (TPSA) is 86.6 Å². The molecule has 0 aromatic heterocycles. The number of carboxylic acid groups (broad SMARTS) is 1. The van der Waals surface area contributed by atoms with Crippen LogP contribution in [0.4, 0.5) is 5.69 Å². The van der Waals surface area contributed by atoms with Gasteiger partial charge in [-0.15, -0.1) is 0 Å². The van der Waals surface area contributed by atoms with E-state index < -0.39 is 5.97 Å². The van der Waals surface area contributed by atoms with Crippen molar-refractivity contribution in [2.75, 3.05) is 5.32 Å². The maximum absolute atomic E-state index is 10.5. The van der Waals surface area contributed by atoms with Crippen molar-refractivity contribution in [2.45, 2.75) is 13.8 Å². The van der Waals surface area contributed by atoms with Crippen LogP contribution in [-0.2, 0) is 9.59 Å². The summed E-state index contributed by atoms with van der Waals surface area (Å²) >= 11 is 0. The molecular formula is C10H13NO4. The zero-order chi connectivity index (χ0) is 11.8. The van der Waals surface area contributed by atoms with Crippen molar-refractivity contribution in [3.63, 3.8) is 0 Å². The van der Waals surface area contributed by atoms with Gasteiger partial charge in [0, 0.05) is 19.5 Å². The van der Waals surface area contributed by atoms with Gasteiger partial charge in [-0.05, 0) is 24.3 Å². The first-order valence-electron chi connectivity index (χ1n) is 4.18. The van der Waals surface area contributed by atoms with Gasteiger partial charge in [0.15, 0.2) is 0 Å². The zero-order valence-corrected chi connectivity index (χ0v) is 8.52. The Morgan fingerprint density at radius 2 is 1.53 bits per heavy atom. The number of benzene rings is 1. The highest BCUT2D eigenvalue weighted by atomic mass is 16.4. The number of aliphatic carboxylic acids is 1. The molecule has 0 bridgehead atoms. The fraction of sp³-hybridized carbons (Fsp3) is 0.200. The number of hydrogen-bond donors (Lipinski definition) is 3. The second-order valence-electron chi connectivity index (χ2n) is 2.75. The maximum Gasteiger partial charge on any atom is 0.300 e. The minimum Gasteiger partial charge on any atom is -0.508 e. The summed E-state index contributed by atoms with van der Waals surface area (Å²) in [5.74, 6) is -0.755. The van der Waals surface area contributed by atoms with E-state index >= 15 is 0 Å². The molecule has 0 aliphatic carbocycles. The molecule has 1 aromatic carbocycles. The van der Waals surface area contributed by atoms with E-state index in [0.29, 0.717) is 5.69 Å². The lowest BCUT2D eigenvalue weighted by atomic mass is 10.3. The SMILES string of the molecule is CC(=O)Nc1ccc(O)cc1.CC(=O)O. The lowest BCUT2D eigenvalue weighted by Gasteiger charge is -1.99. The molecule has 0 unspecified atom stereocenters. The molecule has 82 valence electrons. The van der Waals surface area contributed by atoms with E-state index in [0.717, 1.165) is 6.92 Å². The molecule has 0 aliphatic heterocycles. The monoisotopic (exact) mass is 211 g/mol. The third-order valence-corrected chi connectivity index (χ3v) is 1.19. The van der Waals surface area contributed by atoms with E-state index in [2.05, 4.69) is 5.32 Å². The summed E-state index contributed by atoms with van der Waals surface area (Å²) in [5, 5.41) is 18.9. The Bertz CT molecular complexity index is 328. The van der Waals surface area contributed by atoms with Crippen LogP contribution in [0.3, 0.4) is 0 Å². The average molecular weight is 211 g/mol. The van der Waals surface area contributed by atoms with Crippen LogP contribution in [0.2, 0.25) is 0 Å². The molecule has 1 amide bonds. The van der Waals surface area contributed by atoms with Crippen molar-refractivity contribution in [3.05, 3.63) is 24.3 Å². The smallest absolute Gasteiger partial charge is 0.300 e. The van der Waals surface area contributed by atoms with Gasteiger partial charge in [0.1, 0.15) is 5.75 Å². The molecule has 0 radical (unpaired) electrons. The molecule has 0 heterocycles. The first-order chi connectivity index (χ1) is 6.91. The Balaban J connectivity index is 0.000000423. The Hall–Kier alpha value is -2.04. The molecule has 0 fully saturated rings. The van der Waals surface area contributed by atoms with Crippen LogP contribution in [0.5, 0.6) is 5.75 Å². The molecule has 0 saturated carbocycles. The summed E-state index contributed by atoms with van der Waals surface area (Å²) < 4.78 is 0. The minimum atomic E-state index is -0.833. The molecular weight excluding hydrogens is 198 g/mol. The Kier molecular flexibility index (Phi) is 5.55. The van der Waals surface area contributed by atoms with Gasteiger partial charge in [0.05, 0.1) is 0 Å². The number of hydrogen-bond acceptors (Lipinski definition) is 3. The van der Waals surface area contributed by atoms with Crippen LogP contribution >= 0.6 is 0 Å². The summed E-state index contributed by atoms with van der Waals surface area (Å²) in [5.41, 5.74) is 0.690. The van der Waals surface area contributed by atoms with Crippen LogP contribution in [-0.4, -0.2) is 22.1 Å². The van der Waals surface area contributed by atoms with E-state index in [-0.39, 0.29) is 11.7 Å². The standard InChI is InChI=1S/C8H9NO2.C2H4O2/c1-6(10)9-7-2-4-8(11)5-3-7;1-2(3)4/h2-5,11H,1H3,(H,9,10);1H3,(H,3,4). The third-order valence-electron chi connectivity index (χ3n) is 1.19. The summed E-state index contributed by atoms with van der Waals surface area (Å²) in [6.07, 6.45) is 0. The largest absolute Gasteiger partial charge is 0.508 e. The van der Waals surface area contributed by atoms with Crippen LogP contribution in [0.15, 0.2) is 24.3 Å². The van der Waals surface area contributed by atoms with E-state index in [1.165, 1.54) is 19.1 Å². The number of carboxylic acids is 1. The summed E-state index contributed by atoms with van der Waals surface area (Å²) in [6.45, 7) is 2.52. The lowest BCUT2D eigenvalue weighted by Crippen LogP contribution is -2.04. The van der Waals surface area contributed by atoms with E-state index in [4.69, 9.17) is 15.0 Å². The first kappa shape index (κ1) is 13.0. The molecule has 15 heavy (non-hydrogen) atoms. The van der Waals surface area contributed by atoms with E-state index in [9.17, 15) is 4.79 Å². The summed E-state index contributed by atoms with van der Waals surface area (Å²) in [4.78, 5) is 19.5. The van der Waals surface area contributed by atoms with Crippen molar-refractivity contribution in [1.29, 1.82) is 0 Å². The van der Waals surface area contributed by atoms with Crippen molar-refractivity contribution in [3.8, 4) is 5.75 Å². The predicted molar refractivity (Wildman–Crippen MR) is 55.7 cm³/mol. The van der Waals surface area contributed by atoms with Gasteiger partial charge in [0.2, 0.25) is 5.91 Å². The van der Waals surface area contributed by atoms with Gasteiger partial charge in [-0.3, -0.25) is 9.59 Å². The average Bonchev–Trinajstić information content (AvgIpc) is 2.07. The number of aromatic hydroxyl groups is 1. The summed E-state index contributed by atoms with van der Waals surface area (Å²) in [6, 6.07) is 6.31. The quantitative estimate of drug-likeness (QED) is 0.613. The zero-order valence-electron chi connectivity index (χ0n) is 8.52. The van der Waals surface area contributed by atoms with Crippen molar-refractivity contribution in [1.82, 2.24) is 0 Å². The number of rotatable bonds is 1. The fourth-order valence-electron chi connectivity index (χ4n) is 0.748. The third kappa shape index (κ3) is 8.29. The molecule has 0 saturated heterocycles. The summed E-state index contributed by atoms with van der Waals surface area (Å²) in [7, 11) is 0. The number of phenolic OH excluding ortho intramolecular Hbond substituents is 1. The highest BCUT2D eigenvalue weighted by Crippen LogP contribution is 2.13. The number of phenols is 1. The maximum atomic E-state index is 10.5. The van der Waals surface area contributed by atoms with Crippen LogP contribution in [0, 0.1) is 0 Å². The highest BCUT2D eigenvalue weighted by Gasteiger charge is 1.93. The lowest BCUT2D eigenvalue weighted by molar-refractivity contribution is -0.134. The number of amides is 1. The van der Waals surface area contributed by atoms with E-state index in [1.54, 1.807) is 12.1 Å². The van der Waals surface area contributed by atoms with Crippen molar-refractivity contribution >= 4 is 17.6 Å². The van der Waals surface area contributed by atoms with Crippen LogP contribution < -0.4 is 5.32 Å². The molecule has 0 spiro atoms. The van der Waals surface area contributed by atoms with Gasteiger partial charge < -0.3 is 15.5 Å². The van der Waals surface area contributed by atoms with E-state index in [1.807, 2.05) is 0 Å². The molecule has 3 N–H and O–H groups in total. The molecule has 0 atom stereocenters. The number of carbonyl (C=O) groups is 2. The van der Waals surface area contributed by atoms with Gasteiger partial charge in [-0.1, -0.05) is 0 Å². The predicted octanol–water partition coefficient (Wildman–Crippen LogP) is 1.44. The Morgan fingerprint density at radius 1 is 1.13 bits per heavy atom. The number of anilines is 1. The molecule has 5 heteroatoms. The van der Waals surface area contributed by atoms with Crippen LogP contribution in [0.25, 0.3) is 0 Å². The second kappa shape index (κ2) is 6.42. The van der Waals surface area contributed by atoms with Crippen molar-refractivity contribution in [2.24, 2.45) is 0 Å².